The molecule has 0 unspecified atom stereocenters. The van der Waals surface area contributed by atoms with Crippen molar-refractivity contribution in [1.29, 1.82) is 0 Å². The van der Waals surface area contributed by atoms with E-state index in [2.05, 4.69) is 101 Å². The summed E-state index contributed by atoms with van der Waals surface area (Å²) < 4.78 is 2.27. The largest absolute Gasteiger partial charge is 0.212 e. The van der Waals surface area contributed by atoms with Crippen molar-refractivity contribution in [2.45, 2.75) is 41.0 Å². The smallest absolute Gasteiger partial charge is 0.201 e. The fourth-order valence-electron chi connectivity index (χ4n) is 3.81. The number of hydrogen-bond acceptors (Lipinski definition) is 0. The predicted octanol–water partition coefficient (Wildman–Crippen LogP) is 5.97. The Morgan fingerprint density at radius 3 is 2.12 bits per heavy atom. The van der Waals surface area contributed by atoms with Crippen LogP contribution in [0, 0.1) is 26.7 Å². The summed E-state index contributed by atoms with van der Waals surface area (Å²) in [6, 6.07) is 17.8. The summed E-state index contributed by atoms with van der Waals surface area (Å²) in [6.07, 6.45) is 3.39. The Kier molecular flexibility index (Phi) is 5.27. The first-order valence-electron chi connectivity index (χ1n) is 9.53. The van der Waals surface area contributed by atoms with Crippen LogP contribution in [0.1, 0.15) is 36.1 Å². The lowest BCUT2D eigenvalue weighted by Gasteiger charge is -2.14. The Labute approximate surface area is 158 Å². The summed E-state index contributed by atoms with van der Waals surface area (Å²) in [7, 11) is 2.16. The molecular formula is C25H30N+. The molecule has 0 saturated heterocycles. The number of hydrogen-bond donors (Lipinski definition) is 0. The Bertz CT molecular complexity index is 921. The van der Waals surface area contributed by atoms with Gasteiger partial charge in [-0.05, 0) is 67.0 Å². The summed E-state index contributed by atoms with van der Waals surface area (Å²) in [5.74, 6) is 0.660. The van der Waals surface area contributed by atoms with Crippen molar-refractivity contribution in [3.05, 3.63) is 77.0 Å². The van der Waals surface area contributed by atoms with E-state index in [1.807, 2.05) is 0 Å². The quantitative estimate of drug-likeness (QED) is 0.513. The van der Waals surface area contributed by atoms with Crippen LogP contribution in [0.2, 0.25) is 0 Å². The topological polar surface area (TPSA) is 3.88 Å². The molecule has 26 heavy (non-hydrogen) atoms. The Morgan fingerprint density at radius 1 is 0.808 bits per heavy atom. The average molecular weight is 345 g/mol. The van der Waals surface area contributed by atoms with E-state index in [0.29, 0.717) is 5.92 Å². The van der Waals surface area contributed by atoms with E-state index >= 15 is 0 Å². The van der Waals surface area contributed by atoms with Gasteiger partial charge in [-0.2, -0.15) is 0 Å². The number of aromatic nitrogens is 1. The summed E-state index contributed by atoms with van der Waals surface area (Å²) in [4.78, 5) is 0. The van der Waals surface area contributed by atoms with Crippen molar-refractivity contribution in [2.24, 2.45) is 13.0 Å². The van der Waals surface area contributed by atoms with E-state index in [1.165, 1.54) is 44.6 Å². The Balaban J connectivity index is 2.18. The standard InChI is InChI=1S/C25H30N/c1-17(2)12-22-14-25(26(6)16-20(22)5)24-15-23(18(3)13-19(24)4)21-10-8-7-9-11-21/h7-11,13-17H,12H2,1-6H3/q+1. The molecule has 0 saturated carbocycles. The van der Waals surface area contributed by atoms with Crippen LogP contribution >= 0.6 is 0 Å². The Hall–Kier alpha value is -2.41. The van der Waals surface area contributed by atoms with Gasteiger partial charge in [0.25, 0.3) is 0 Å². The third-order valence-electron chi connectivity index (χ3n) is 5.15. The first-order valence-corrected chi connectivity index (χ1v) is 9.53. The zero-order valence-electron chi connectivity index (χ0n) is 16.9. The molecule has 0 N–H and O–H groups in total. The second kappa shape index (κ2) is 7.45. The first-order chi connectivity index (χ1) is 12.4. The molecule has 1 aromatic heterocycles. The van der Waals surface area contributed by atoms with Crippen molar-refractivity contribution >= 4 is 0 Å². The lowest BCUT2D eigenvalue weighted by Crippen LogP contribution is -2.32. The molecule has 3 aromatic rings. The molecule has 0 aliphatic heterocycles. The molecule has 0 spiro atoms. The molecule has 1 heteroatoms. The van der Waals surface area contributed by atoms with E-state index in [0.717, 1.165) is 6.42 Å². The molecule has 134 valence electrons. The van der Waals surface area contributed by atoms with Crippen LogP contribution < -0.4 is 4.57 Å². The van der Waals surface area contributed by atoms with Crippen LogP contribution in [0.15, 0.2) is 54.7 Å². The second-order valence-corrected chi connectivity index (χ2v) is 7.92. The lowest BCUT2D eigenvalue weighted by molar-refractivity contribution is -0.660. The van der Waals surface area contributed by atoms with Gasteiger partial charge in [-0.1, -0.05) is 50.2 Å². The van der Waals surface area contributed by atoms with Gasteiger partial charge in [0.2, 0.25) is 5.69 Å². The van der Waals surface area contributed by atoms with Gasteiger partial charge in [0, 0.05) is 17.2 Å². The zero-order valence-corrected chi connectivity index (χ0v) is 16.9. The van der Waals surface area contributed by atoms with Crippen molar-refractivity contribution in [2.75, 3.05) is 0 Å². The predicted molar refractivity (Wildman–Crippen MR) is 111 cm³/mol. The van der Waals surface area contributed by atoms with Crippen molar-refractivity contribution in [1.82, 2.24) is 0 Å². The van der Waals surface area contributed by atoms with Gasteiger partial charge in [0.15, 0.2) is 6.20 Å². The van der Waals surface area contributed by atoms with Crippen molar-refractivity contribution in [3.63, 3.8) is 0 Å². The van der Waals surface area contributed by atoms with Crippen molar-refractivity contribution < 1.29 is 4.57 Å². The molecule has 0 radical (unpaired) electrons. The van der Waals surface area contributed by atoms with Crippen LogP contribution in [0.25, 0.3) is 22.4 Å². The van der Waals surface area contributed by atoms with Gasteiger partial charge in [-0.3, -0.25) is 0 Å². The molecule has 2 aromatic carbocycles. The van der Waals surface area contributed by atoms with Gasteiger partial charge >= 0.3 is 0 Å². The number of benzene rings is 2. The van der Waals surface area contributed by atoms with E-state index in [-0.39, 0.29) is 0 Å². The highest BCUT2D eigenvalue weighted by molar-refractivity contribution is 5.75. The molecular weight excluding hydrogens is 314 g/mol. The van der Waals surface area contributed by atoms with Crippen LogP contribution in [-0.4, -0.2) is 0 Å². The van der Waals surface area contributed by atoms with E-state index in [1.54, 1.807) is 0 Å². The third kappa shape index (κ3) is 3.72. The maximum absolute atomic E-state index is 2.39. The highest BCUT2D eigenvalue weighted by atomic mass is 14.9. The minimum Gasteiger partial charge on any atom is -0.201 e. The molecule has 1 nitrogen and oxygen atoms in total. The molecule has 3 rings (SSSR count). The number of rotatable bonds is 4. The highest BCUT2D eigenvalue weighted by Crippen LogP contribution is 2.31. The molecule has 0 bridgehead atoms. The van der Waals surface area contributed by atoms with Crippen LogP contribution in [0.3, 0.4) is 0 Å². The zero-order chi connectivity index (χ0) is 18.8. The minimum absolute atomic E-state index is 0.660. The maximum Gasteiger partial charge on any atom is 0.212 e. The van der Waals surface area contributed by atoms with Crippen molar-refractivity contribution in [3.8, 4) is 22.4 Å². The van der Waals surface area contributed by atoms with E-state index < -0.39 is 0 Å². The summed E-state index contributed by atoms with van der Waals surface area (Å²) in [5.41, 5.74) is 10.7. The number of pyridine rings is 1. The average Bonchev–Trinajstić information content (AvgIpc) is 2.58. The van der Waals surface area contributed by atoms with E-state index in [4.69, 9.17) is 0 Å². The highest BCUT2D eigenvalue weighted by Gasteiger charge is 2.18. The van der Waals surface area contributed by atoms with Gasteiger partial charge < -0.3 is 0 Å². The normalized spacial score (nSPS) is 11.2. The van der Waals surface area contributed by atoms with Gasteiger partial charge in [0.1, 0.15) is 7.05 Å². The lowest BCUT2D eigenvalue weighted by atomic mass is 9.91. The molecule has 0 amide bonds. The Morgan fingerprint density at radius 2 is 1.46 bits per heavy atom. The molecule has 0 fully saturated rings. The first kappa shape index (κ1) is 18.4. The van der Waals surface area contributed by atoms with Gasteiger partial charge in [-0.15, -0.1) is 0 Å². The molecule has 0 atom stereocenters. The SMILES string of the molecule is Cc1c[n+](C)c(-c2cc(-c3ccccc3)c(C)cc2C)cc1CC(C)C. The minimum atomic E-state index is 0.660. The summed E-state index contributed by atoms with van der Waals surface area (Å²) >= 11 is 0. The van der Waals surface area contributed by atoms with Crippen LogP contribution in [0.4, 0.5) is 0 Å². The fraction of sp³-hybridized carbons (Fsp3) is 0.320. The van der Waals surface area contributed by atoms with E-state index in [9.17, 15) is 0 Å². The third-order valence-corrected chi connectivity index (χ3v) is 5.15. The number of aryl methyl sites for hydroxylation is 4. The number of nitrogens with zero attached hydrogens (tertiary/aromatic N) is 1. The van der Waals surface area contributed by atoms with Gasteiger partial charge in [0.05, 0.1) is 0 Å². The van der Waals surface area contributed by atoms with Crippen LogP contribution in [0.5, 0.6) is 0 Å². The monoisotopic (exact) mass is 344 g/mol. The molecule has 0 aliphatic carbocycles. The fourth-order valence-corrected chi connectivity index (χ4v) is 3.81. The van der Waals surface area contributed by atoms with Gasteiger partial charge in [-0.25, -0.2) is 4.57 Å². The molecule has 1 heterocycles. The summed E-state index contributed by atoms with van der Waals surface area (Å²) in [5, 5.41) is 0. The second-order valence-electron chi connectivity index (χ2n) is 7.92. The van der Waals surface area contributed by atoms with Crippen LogP contribution in [-0.2, 0) is 13.5 Å². The summed E-state index contributed by atoms with van der Waals surface area (Å²) in [6.45, 7) is 11.2. The molecule has 0 aliphatic rings. The maximum atomic E-state index is 2.39.